The monoisotopic (exact) mass is 369 g/mol. The molecule has 1 aromatic carbocycles. The van der Waals surface area contributed by atoms with Crippen molar-refractivity contribution in [1.82, 2.24) is 10.2 Å². The Labute approximate surface area is 158 Å². The van der Waals surface area contributed by atoms with Crippen molar-refractivity contribution < 1.29 is 14.3 Å². The van der Waals surface area contributed by atoms with Crippen LogP contribution in [-0.4, -0.2) is 68.7 Å². The van der Waals surface area contributed by atoms with Crippen molar-refractivity contribution in [1.29, 1.82) is 0 Å². The Hall–Kier alpha value is -2.71. The van der Waals surface area contributed by atoms with Gasteiger partial charge in [0.25, 0.3) is 5.91 Å². The minimum Gasteiger partial charge on any atom is -0.378 e. The highest BCUT2D eigenvalue weighted by Gasteiger charge is 2.18. The third-order valence-electron chi connectivity index (χ3n) is 4.72. The number of rotatable bonds is 4. The number of aromatic nitrogens is 2. The van der Waals surface area contributed by atoms with Gasteiger partial charge in [-0.05, 0) is 24.3 Å². The summed E-state index contributed by atoms with van der Waals surface area (Å²) in [5.41, 5.74) is 2.05. The van der Waals surface area contributed by atoms with Crippen LogP contribution >= 0.6 is 0 Å². The molecule has 0 spiro atoms. The molecule has 1 N–H and O–H groups in total. The van der Waals surface area contributed by atoms with Gasteiger partial charge >= 0.3 is 0 Å². The van der Waals surface area contributed by atoms with Crippen LogP contribution in [0.15, 0.2) is 36.4 Å². The molecule has 2 fully saturated rings. The molecule has 27 heavy (non-hydrogen) atoms. The first-order chi connectivity index (χ1) is 13.3. The average molecular weight is 369 g/mol. The highest BCUT2D eigenvalue weighted by Crippen LogP contribution is 2.26. The second-order valence-corrected chi connectivity index (χ2v) is 6.45. The van der Waals surface area contributed by atoms with Gasteiger partial charge in [0.05, 0.1) is 37.8 Å². The predicted octanol–water partition coefficient (Wildman–Crippen LogP) is 1.40. The fraction of sp³-hybridized carbons (Fsp3) is 0.421. The minimum absolute atomic E-state index is 0.267. The molecular weight excluding hydrogens is 346 g/mol. The summed E-state index contributed by atoms with van der Waals surface area (Å²) in [4.78, 5) is 17.0. The number of para-hydroxylation sites is 2. The van der Waals surface area contributed by atoms with E-state index < -0.39 is 0 Å². The molecule has 2 aliphatic heterocycles. The van der Waals surface area contributed by atoms with Gasteiger partial charge in [-0.2, -0.15) is 0 Å². The van der Waals surface area contributed by atoms with Crippen molar-refractivity contribution in [3.63, 3.8) is 0 Å². The Morgan fingerprint density at radius 3 is 2.19 bits per heavy atom. The van der Waals surface area contributed by atoms with E-state index in [2.05, 4.69) is 25.3 Å². The van der Waals surface area contributed by atoms with E-state index in [-0.39, 0.29) is 5.91 Å². The summed E-state index contributed by atoms with van der Waals surface area (Å²) < 4.78 is 10.8. The summed E-state index contributed by atoms with van der Waals surface area (Å²) in [6.45, 7) is 5.93. The second-order valence-electron chi connectivity index (χ2n) is 6.45. The first kappa shape index (κ1) is 17.7. The summed E-state index contributed by atoms with van der Waals surface area (Å²) in [6.07, 6.45) is 0. The van der Waals surface area contributed by atoms with Gasteiger partial charge in [0, 0.05) is 26.2 Å². The summed E-state index contributed by atoms with van der Waals surface area (Å²) >= 11 is 0. The summed E-state index contributed by atoms with van der Waals surface area (Å²) in [7, 11) is 0. The Bertz CT molecular complexity index is 771. The van der Waals surface area contributed by atoms with Crippen molar-refractivity contribution in [3.05, 3.63) is 42.1 Å². The average Bonchev–Trinajstić information content (AvgIpc) is 2.75. The van der Waals surface area contributed by atoms with Crippen LogP contribution in [0.2, 0.25) is 0 Å². The maximum Gasteiger partial charge on any atom is 0.276 e. The van der Waals surface area contributed by atoms with E-state index in [1.807, 2.05) is 30.3 Å². The quantitative estimate of drug-likeness (QED) is 0.873. The number of carbonyl (C=O) groups is 1. The Morgan fingerprint density at radius 2 is 1.52 bits per heavy atom. The molecule has 2 aliphatic rings. The third-order valence-corrected chi connectivity index (χ3v) is 4.72. The molecule has 0 radical (unpaired) electrons. The number of amides is 1. The second kappa shape index (κ2) is 8.32. The van der Waals surface area contributed by atoms with Crippen molar-refractivity contribution in [2.24, 2.45) is 0 Å². The lowest BCUT2D eigenvalue weighted by atomic mass is 10.2. The maximum absolute atomic E-state index is 12.6. The SMILES string of the molecule is O=C(Nc1ccccc1N1CCOCC1)c1ccc(N2CCOCC2)nn1. The van der Waals surface area contributed by atoms with E-state index in [1.54, 1.807) is 6.07 Å². The van der Waals surface area contributed by atoms with Crippen LogP contribution in [-0.2, 0) is 9.47 Å². The fourth-order valence-electron chi connectivity index (χ4n) is 3.25. The molecule has 0 atom stereocenters. The first-order valence-corrected chi connectivity index (χ1v) is 9.21. The molecule has 3 heterocycles. The van der Waals surface area contributed by atoms with Crippen LogP contribution < -0.4 is 15.1 Å². The van der Waals surface area contributed by atoms with E-state index in [0.29, 0.717) is 32.1 Å². The molecule has 2 aromatic rings. The molecule has 2 saturated heterocycles. The molecule has 0 aliphatic carbocycles. The molecule has 0 unspecified atom stereocenters. The number of nitrogens with one attached hydrogen (secondary N) is 1. The Balaban J connectivity index is 1.46. The number of anilines is 3. The van der Waals surface area contributed by atoms with Crippen molar-refractivity contribution >= 4 is 23.1 Å². The lowest BCUT2D eigenvalue weighted by Gasteiger charge is -2.30. The Morgan fingerprint density at radius 1 is 0.852 bits per heavy atom. The number of morpholine rings is 2. The van der Waals surface area contributed by atoms with Crippen molar-refractivity contribution in [2.75, 3.05) is 67.7 Å². The molecule has 4 rings (SSSR count). The topological polar surface area (TPSA) is 79.8 Å². The number of carbonyl (C=O) groups excluding carboxylic acids is 1. The van der Waals surface area contributed by atoms with Gasteiger partial charge in [-0.15, -0.1) is 10.2 Å². The molecule has 0 bridgehead atoms. The molecule has 1 aromatic heterocycles. The minimum atomic E-state index is -0.267. The van der Waals surface area contributed by atoms with E-state index in [4.69, 9.17) is 9.47 Å². The van der Waals surface area contributed by atoms with E-state index in [9.17, 15) is 4.79 Å². The number of nitrogens with zero attached hydrogens (tertiary/aromatic N) is 4. The van der Waals surface area contributed by atoms with Gasteiger partial charge in [0.15, 0.2) is 11.5 Å². The van der Waals surface area contributed by atoms with E-state index in [0.717, 1.165) is 43.4 Å². The van der Waals surface area contributed by atoms with Gasteiger partial charge in [-0.3, -0.25) is 4.79 Å². The number of hydrogen-bond donors (Lipinski definition) is 1. The standard InChI is InChI=1S/C19H23N5O3/c25-19(16-5-6-18(22-21-16)24-9-13-27-14-10-24)20-15-3-1-2-4-17(15)23-7-11-26-12-8-23/h1-6H,7-14H2,(H,20,25). The lowest BCUT2D eigenvalue weighted by molar-refractivity contribution is 0.102. The third kappa shape index (κ3) is 4.17. The number of hydrogen-bond acceptors (Lipinski definition) is 7. The summed E-state index contributed by atoms with van der Waals surface area (Å²) in [5.74, 6) is 0.500. The Kier molecular flexibility index (Phi) is 5.45. The van der Waals surface area contributed by atoms with Crippen LogP contribution in [0.4, 0.5) is 17.2 Å². The van der Waals surface area contributed by atoms with Crippen molar-refractivity contribution in [3.8, 4) is 0 Å². The highest BCUT2D eigenvalue weighted by molar-refractivity contribution is 6.04. The smallest absolute Gasteiger partial charge is 0.276 e. The maximum atomic E-state index is 12.6. The van der Waals surface area contributed by atoms with Crippen LogP contribution in [0.25, 0.3) is 0 Å². The van der Waals surface area contributed by atoms with Crippen LogP contribution in [0.3, 0.4) is 0 Å². The molecule has 142 valence electrons. The van der Waals surface area contributed by atoms with Crippen molar-refractivity contribution in [2.45, 2.75) is 0 Å². The largest absolute Gasteiger partial charge is 0.378 e. The predicted molar refractivity (Wildman–Crippen MR) is 102 cm³/mol. The highest BCUT2D eigenvalue weighted by atomic mass is 16.5. The lowest BCUT2D eigenvalue weighted by Crippen LogP contribution is -2.37. The van der Waals surface area contributed by atoms with Crippen LogP contribution in [0, 0.1) is 0 Å². The fourth-order valence-corrected chi connectivity index (χ4v) is 3.25. The van der Waals surface area contributed by atoms with E-state index >= 15 is 0 Å². The van der Waals surface area contributed by atoms with E-state index in [1.165, 1.54) is 0 Å². The molecule has 0 saturated carbocycles. The molecule has 8 heteroatoms. The zero-order valence-electron chi connectivity index (χ0n) is 15.1. The molecule has 8 nitrogen and oxygen atoms in total. The van der Waals surface area contributed by atoms with Crippen LogP contribution in [0.5, 0.6) is 0 Å². The first-order valence-electron chi connectivity index (χ1n) is 9.21. The van der Waals surface area contributed by atoms with Gasteiger partial charge in [-0.1, -0.05) is 12.1 Å². The van der Waals surface area contributed by atoms with Crippen LogP contribution in [0.1, 0.15) is 10.5 Å². The van der Waals surface area contributed by atoms with Gasteiger partial charge in [0.1, 0.15) is 0 Å². The zero-order valence-corrected chi connectivity index (χ0v) is 15.1. The number of benzene rings is 1. The van der Waals surface area contributed by atoms with Gasteiger partial charge < -0.3 is 24.6 Å². The summed E-state index contributed by atoms with van der Waals surface area (Å²) in [6, 6.07) is 11.3. The molecular formula is C19H23N5O3. The molecule has 1 amide bonds. The van der Waals surface area contributed by atoms with Gasteiger partial charge in [0.2, 0.25) is 0 Å². The normalized spacial score (nSPS) is 17.6. The zero-order chi connectivity index (χ0) is 18.5. The van der Waals surface area contributed by atoms with Gasteiger partial charge in [-0.25, -0.2) is 0 Å². The summed E-state index contributed by atoms with van der Waals surface area (Å²) in [5, 5.41) is 11.3. The number of ether oxygens (including phenoxy) is 2.